The first kappa shape index (κ1) is 5.70. The molecule has 44 valence electrons. The predicted octanol–water partition coefficient (Wildman–Crippen LogP) is 1.61. The van der Waals surface area contributed by atoms with Gasteiger partial charge >= 0.3 is 0 Å². The van der Waals surface area contributed by atoms with E-state index in [9.17, 15) is 0 Å². The molecule has 0 amide bonds. The van der Waals surface area contributed by atoms with Gasteiger partial charge in [-0.1, -0.05) is 17.7 Å². The van der Waals surface area contributed by atoms with Crippen molar-refractivity contribution < 1.29 is 0 Å². The molecule has 1 aliphatic heterocycles. The van der Waals surface area contributed by atoms with Crippen LogP contribution in [0.4, 0.5) is 0 Å². The smallest absolute Gasteiger partial charge is 0.0560 e. The second kappa shape index (κ2) is 2.23. The molecule has 0 fully saturated rings. The van der Waals surface area contributed by atoms with Crippen molar-refractivity contribution in [2.24, 2.45) is 0 Å². The number of nitrogens with one attached hydrogen (secondary N) is 1. The number of rotatable bonds is 0. The van der Waals surface area contributed by atoms with Gasteiger partial charge in [0.05, 0.1) is 5.03 Å². The van der Waals surface area contributed by atoms with E-state index >= 15 is 0 Å². The third kappa shape index (κ3) is 1.27. The Bertz CT molecular complexity index is 137. The summed E-state index contributed by atoms with van der Waals surface area (Å²) >= 11 is 5.59. The van der Waals surface area contributed by atoms with Crippen LogP contribution in [0.5, 0.6) is 0 Å². The van der Waals surface area contributed by atoms with Crippen LogP contribution in [0.1, 0.15) is 6.92 Å². The summed E-state index contributed by atoms with van der Waals surface area (Å²) < 4.78 is 0. The summed E-state index contributed by atoms with van der Waals surface area (Å²) in [6.07, 6.45) is 5.71. The molecule has 1 N–H and O–H groups in total. The maximum absolute atomic E-state index is 5.59. The summed E-state index contributed by atoms with van der Waals surface area (Å²) in [5.41, 5.74) is 0. The standard InChI is InChI=1S/C6H8ClN/c1-5-2-3-6(7)4-8-5/h2-5,8H,1H3/t5-/m1/s1. The Labute approximate surface area is 54.0 Å². The van der Waals surface area contributed by atoms with Crippen LogP contribution in [0.15, 0.2) is 23.4 Å². The van der Waals surface area contributed by atoms with Crippen molar-refractivity contribution in [1.29, 1.82) is 0 Å². The molecule has 0 aromatic carbocycles. The molecule has 0 aliphatic carbocycles. The van der Waals surface area contributed by atoms with E-state index in [-0.39, 0.29) is 0 Å². The first-order chi connectivity index (χ1) is 3.79. The monoisotopic (exact) mass is 129 g/mol. The van der Waals surface area contributed by atoms with E-state index in [1.807, 2.05) is 12.2 Å². The third-order valence-corrected chi connectivity index (χ3v) is 1.26. The van der Waals surface area contributed by atoms with Gasteiger partial charge in [0.15, 0.2) is 0 Å². The van der Waals surface area contributed by atoms with Crippen molar-refractivity contribution in [3.63, 3.8) is 0 Å². The number of halogens is 1. The molecule has 0 radical (unpaired) electrons. The maximum atomic E-state index is 5.59. The van der Waals surface area contributed by atoms with Gasteiger partial charge in [-0.2, -0.15) is 0 Å². The SMILES string of the molecule is C[C@@H]1C=CC(Cl)=CN1. The second-order valence-electron chi connectivity index (χ2n) is 1.84. The van der Waals surface area contributed by atoms with E-state index in [1.54, 1.807) is 6.20 Å². The number of dihydropyridines is 1. The van der Waals surface area contributed by atoms with Gasteiger partial charge in [-0.25, -0.2) is 0 Å². The van der Waals surface area contributed by atoms with Crippen LogP contribution in [-0.4, -0.2) is 6.04 Å². The number of allylic oxidation sites excluding steroid dienone is 2. The molecule has 0 spiro atoms. The summed E-state index contributed by atoms with van der Waals surface area (Å²) in [4.78, 5) is 0. The Hall–Kier alpha value is -0.430. The lowest BCUT2D eigenvalue weighted by molar-refractivity contribution is 0.759. The number of hydrogen-bond acceptors (Lipinski definition) is 1. The van der Waals surface area contributed by atoms with E-state index in [1.165, 1.54) is 0 Å². The zero-order valence-corrected chi connectivity index (χ0v) is 5.44. The molecular formula is C6H8ClN. The number of hydrogen-bond donors (Lipinski definition) is 1. The third-order valence-electron chi connectivity index (χ3n) is 1.03. The molecule has 2 heteroatoms. The van der Waals surface area contributed by atoms with Crippen LogP contribution in [0.2, 0.25) is 0 Å². The highest BCUT2D eigenvalue weighted by molar-refractivity contribution is 6.31. The summed E-state index contributed by atoms with van der Waals surface area (Å²) in [5.74, 6) is 0. The minimum atomic E-state index is 0.428. The molecule has 1 atom stereocenters. The minimum Gasteiger partial charge on any atom is -0.384 e. The van der Waals surface area contributed by atoms with E-state index < -0.39 is 0 Å². The summed E-state index contributed by atoms with van der Waals surface area (Å²) in [6.45, 7) is 2.07. The van der Waals surface area contributed by atoms with Crippen molar-refractivity contribution in [2.45, 2.75) is 13.0 Å². The zero-order chi connectivity index (χ0) is 5.98. The molecule has 0 unspecified atom stereocenters. The van der Waals surface area contributed by atoms with E-state index in [4.69, 9.17) is 11.6 Å². The normalized spacial score (nSPS) is 26.8. The minimum absolute atomic E-state index is 0.428. The Kier molecular flexibility index (Phi) is 1.59. The molecule has 0 saturated carbocycles. The first-order valence-electron chi connectivity index (χ1n) is 2.59. The van der Waals surface area contributed by atoms with E-state index in [0.717, 1.165) is 5.03 Å². The fourth-order valence-electron chi connectivity index (χ4n) is 0.551. The lowest BCUT2D eigenvalue weighted by Crippen LogP contribution is -2.19. The summed E-state index contributed by atoms with van der Waals surface area (Å²) in [7, 11) is 0. The Morgan fingerprint density at radius 2 is 2.50 bits per heavy atom. The average Bonchev–Trinajstić information content (AvgIpc) is 1.77. The van der Waals surface area contributed by atoms with Crippen LogP contribution >= 0.6 is 11.6 Å². The Morgan fingerprint density at radius 1 is 1.75 bits per heavy atom. The second-order valence-corrected chi connectivity index (χ2v) is 2.28. The van der Waals surface area contributed by atoms with Crippen molar-refractivity contribution in [1.82, 2.24) is 5.32 Å². The quantitative estimate of drug-likeness (QED) is 0.524. The van der Waals surface area contributed by atoms with Gasteiger partial charge in [-0.15, -0.1) is 0 Å². The molecule has 0 aromatic rings. The van der Waals surface area contributed by atoms with Crippen LogP contribution in [0.3, 0.4) is 0 Å². The van der Waals surface area contributed by atoms with Gasteiger partial charge in [-0.3, -0.25) is 0 Å². The van der Waals surface area contributed by atoms with Gasteiger partial charge in [0.2, 0.25) is 0 Å². The van der Waals surface area contributed by atoms with E-state index in [0.29, 0.717) is 6.04 Å². The summed E-state index contributed by atoms with van der Waals surface area (Å²) in [6, 6.07) is 0.428. The van der Waals surface area contributed by atoms with Gasteiger partial charge in [0, 0.05) is 12.2 Å². The van der Waals surface area contributed by atoms with Crippen LogP contribution in [0.25, 0.3) is 0 Å². The zero-order valence-electron chi connectivity index (χ0n) is 4.69. The van der Waals surface area contributed by atoms with Crippen molar-refractivity contribution in [2.75, 3.05) is 0 Å². The fraction of sp³-hybridized carbons (Fsp3) is 0.333. The largest absolute Gasteiger partial charge is 0.384 e. The maximum Gasteiger partial charge on any atom is 0.0560 e. The fourth-order valence-corrected chi connectivity index (χ4v) is 0.687. The lowest BCUT2D eigenvalue weighted by Gasteiger charge is -2.09. The molecule has 1 aliphatic rings. The van der Waals surface area contributed by atoms with Gasteiger partial charge in [-0.05, 0) is 13.0 Å². The van der Waals surface area contributed by atoms with Gasteiger partial charge in [0.25, 0.3) is 0 Å². The average molecular weight is 130 g/mol. The molecule has 1 heterocycles. The molecule has 1 rings (SSSR count). The first-order valence-corrected chi connectivity index (χ1v) is 2.97. The molecule has 0 aromatic heterocycles. The van der Waals surface area contributed by atoms with Crippen LogP contribution in [0, 0.1) is 0 Å². The van der Waals surface area contributed by atoms with Crippen LogP contribution in [-0.2, 0) is 0 Å². The predicted molar refractivity (Wildman–Crippen MR) is 35.7 cm³/mol. The Balaban J connectivity index is 2.58. The topological polar surface area (TPSA) is 12.0 Å². The molecule has 1 nitrogen and oxygen atoms in total. The Morgan fingerprint density at radius 3 is 2.88 bits per heavy atom. The highest BCUT2D eigenvalue weighted by Crippen LogP contribution is 2.06. The molecular weight excluding hydrogens is 122 g/mol. The van der Waals surface area contributed by atoms with E-state index in [2.05, 4.69) is 12.2 Å². The van der Waals surface area contributed by atoms with Crippen LogP contribution < -0.4 is 5.32 Å². The highest BCUT2D eigenvalue weighted by Gasteiger charge is 1.96. The van der Waals surface area contributed by atoms with Crippen molar-refractivity contribution in [3.05, 3.63) is 23.4 Å². The van der Waals surface area contributed by atoms with Gasteiger partial charge < -0.3 is 5.32 Å². The molecule has 8 heavy (non-hydrogen) atoms. The molecule has 0 bridgehead atoms. The van der Waals surface area contributed by atoms with Gasteiger partial charge in [0.1, 0.15) is 0 Å². The lowest BCUT2D eigenvalue weighted by atomic mass is 10.2. The molecule has 0 saturated heterocycles. The van der Waals surface area contributed by atoms with Crippen molar-refractivity contribution >= 4 is 11.6 Å². The van der Waals surface area contributed by atoms with Crippen molar-refractivity contribution in [3.8, 4) is 0 Å². The highest BCUT2D eigenvalue weighted by atomic mass is 35.5. The summed E-state index contributed by atoms with van der Waals surface area (Å²) in [5, 5.41) is 3.82.